The second kappa shape index (κ2) is 9.17. The van der Waals surface area contributed by atoms with E-state index in [2.05, 4.69) is 5.32 Å². The lowest BCUT2D eigenvalue weighted by Gasteiger charge is -2.29. The molecule has 0 saturated heterocycles. The molecule has 0 spiro atoms. The molecule has 136 valence electrons. The van der Waals surface area contributed by atoms with E-state index in [4.69, 9.17) is 5.21 Å². The van der Waals surface area contributed by atoms with Crippen molar-refractivity contribution in [3.05, 3.63) is 35.9 Å². The molecule has 7 heteroatoms. The molecule has 1 aliphatic rings. The van der Waals surface area contributed by atoms with Gasteiger partial charge in [0.25, 0.3) is 5.91 Å². The third-order valence-corrected chi connectivity index (χ3v) is 4.73. The number of rotatable bonds is 7. The first-order chi connectivity index (χ1) is 12.0. The Morgan fingerprint density at radius 2 is 1.72 bits per heavy atom. The van der Waals surface area contributed by atoms with E-state index in [1.807, 2.05) is 30.3 Å². The number of carbonyl (C=O) groups excluding carboxylic acids is 2. The van der Waals surface area contributed by atoms with Crippen LogP contribution in [0.15, 0.2) is 30.3 Å². The van der Waals surface area contributed by atoms with Gasteiger partial charge in [-0.25, -0.2) is 5.48 Å². The van der Waals surface area contributed by atoms with Crippen molar-refractivity contribution in [2.45, 2.75) is 44.6 Å². The Morgan fingerprint density at radius 1 is 1.08 bits per heavy atom. The molecule has 1 fully saturated rings. The molecule has 1 aromatic carbocycles. The van der Waals surface area contributed by atoms with Crippen LogP contribution < -0.4 is 10.8 Å². The number of hydrogen-bond acceptors (Lipinski definition) is 4. The van der Waals surface area contributed by atoms with Crippen LogP contribution in [-0.2, 0) is 20.8 Å². The smallest absolute Gasteiger partial charge is 0.307 e. The molecule has 7 nitrogen and oxygen atoms in total. The molecule has 2 rings (SSSR count). The van der Waals surface area contributed by atoms with Gasteiger partial charge >= 0.3 is 5.97 Å². The number of hydroxylamine groups is 1. The first-order valence-corrected chi connectivity index (χ1v) is 8.54. The van der Waals surface area contributed by atoms with Crippen LogP contribution in [-0.4, -0.2) is 34.1 Å². The average Bonchev–Trinajstić information content (AvgIpc) is 2.65. The van der Waals surface area contributed by atoms with Gasteiger partial charge < -0.3 is 10.4 Å². The topological polar surface area (TPSA) is 116 Å². The minimum atomic E-state index is -0.979. The highest BCUT2D eigenvalue weighted by Crippen LogP contribution is 2.30. The highest BCUT2D eigenvalue weighted by molar-refractivity contribution is 5.90. The Labute approximate surface area is 146 Å². The molecule has 1 saturated carbocycles. The van der Waals surface area contributed by atoms with E-state index in [0.29, 0.717) is 25.7 Å². The van der Waals surface area contributed by atoms with Crippen molar-refractivity contribution in [2.24, 2.45) is 11.8 Å². The van der Waals surface area contributed by atoms with E-state index >= 15 is 0 Å². The summed E-state index contributed by atoms with van der Waals surface area (Å²) in [4.78, 5) is 35.8. The molecule has 0 radical (unpaired) electrons. The Kier molecular flexibility index (Phi) is 6.94. The Bertz CT molecular complexity index is 605. The minimum Gasteiger partial charge on any atom is -0.481 e. The Hall–Kier alpha value is -2.41. The molecule has 1 aromatic rings. The summed E-state index contributed by atoms with van der Waals surface area (Å²) in [5.41, 5.74) is 2.58. The highest BCUT2D eigenvalue weighted by Gasteiger charge is 2.37. The summed E-state index contributed by atoms with van der Waals surface area (Å²) >= 11 is 0. The number of carbonyl (C=O) groups is 3. The van der Waals surface area contributed by atoms with Crippen LogP contribution in [0.1, 0.15) is 37.7 Å². The molecular weight excluding hydrogens is 324 g/mol. The van der Waals surface area contributed by atoms with E-state index in [1.165, 1.54) is 0 Å². The van der Waals surface area contributed by atoms with Gasteiger partial charge in [0.2, 0.25) is 5.91 Å². The first-order valence-electron chi connectivity index (χ1n) is 8.54. The SMILES string of the molecule is O=C(NO)C(CCc1ccccc1)NC(=O)[C@H]1CCCC[C@H]1C(=O)O. The fourth-order valence-electron chi connectivity index (χ4n) is 3.32. The predicted octanol–water partition coefficient (Wildman–Crippen LogP) is 1.50. The predicted molar refractivity (Wildman–Crippen MR) is 89.7 cm³/mol. The molecule has 0 bridgehead atoms. The van der Waals surface area contributed by atoms with E-state index < -0.39 is 35.7 Å². The van der Waals surface area contributed by atoms with Crippen molar-refractivity contribution in [1.29, 1.82) is 0 Å². The Balaban J connectivity index is 2.01. The van der Waals surface area contributed by atoms with Crippen LogP contribution in [0.5, 0.6) is 0 Å². The minimum absolute atomic E-state index is 0.312. The van der Waals surface area contributed by atoms with Crippen LogP contribution in [0.4, 0.5) is 0 Å². The van der Waals surface area contributed by atoms with Crippen molar-refractivity contribution in [1.82, 2.24) is 10.8 Å². The van der Waals surface area contributed by atoms with Gasteiger partial charge in [0.15, 0.2) is 0 Å². The van der Waals surface area contributed by atoms with Crippen LogP contribution in [0.2, 0.25) is 0 Å². The van der Waals surface area contributed by atoms with Crippen molar-refractivity contribution in [3.63, 3.8) is 0 Å². The molecule has 0 aromatic heterocycles. The fraction of sp³-hybridized carbons (Fsp3) is 0.500. The van der Waals surface area contributed by atoms with Gasteiger partial charge in [0.1, 0.15) is 6.04 Å². The third-order valence-electron chi connectivity index (χ3n) is 4.73. The number of benzene rings is 1. The summed E-state index contributed by atoms with van der Waals surface area (Å²) < 4.78 is 0. The van der Waals surface area contributed by atoms with Crippen molar-refractivity contribution in [2.75, 3.05) is 0 Å². The summed E-state index contributed by atoms with van der Waals surface area (Å²) in [6.45, 7) is 0. The molecule has 25 heavy (non-hydrogen) atoms. The molecule has 4 N–H and O–H groups in total. The zero-order valence-electron chi connectivity index (χ0n) is 14.0. The Morgan fingerprint density at radius 3 is 2.32 bits per heavy atom. The lowest BCUT2D eigenvalue weighted by Crippen LogP contribution is -2.50. The lowest BCUT2D eigenvalue weighted by atomic mass is 9.78. The number of aliphatic carboxylic acids is 1. The number of nitrogens with one attached hydrogen (secondary N) is 2. The van der Waals surface area contributed by atoms with E-state index in [0.717, 1.165) is 18.4 Å². The number of carboxylic acid groups (broad SMARTS) is 1. The number of amides is 2. The molecule has 2 amide bonds. The molecule has 3 atom stereocenters. The monoisotopic (exact) mass is 348 g/mol. The fourth-order valence-corrected chi connectivity index (χ4v) is 3.32. The zero-order chi connectivity index (χ0) is 18.2. The number of hydrogen-bond donors (Lipinski definition) is 4. The highest BCUT2D eigenvalue weighted by atomic mass is 16.5. The van der Waals surface area contributed by atoms with Crippen LogP contribution in [0, 0.1) is 11.8 Å². The van der Waals surface area contributed by atoms with Gasteiger partial charge in [-0.2, -0.15) is 0 Å². The maximum absolute atomic E-state index is 12.5. The van der Waals surface area contributed by atoms with Crippen molar-refractivity contribution in [3.8, 4) is 0 Å². The molecule has 0 aliphatic heterocycles. The second-order valence-electron chi connectivity index (χ2n) is 6.40. The van der Waals surface area contributed by atoms with Crippen molar-refractivity contribution >= 4 is 17.8 Å². The van der Waals surface area contributed by atoms with Crippen LogP contribution in [0.3, 0.4) is 0 Å². The van der Waals surface area contributed by atoms with Crippen molar-refractivity contribution < 1.29 is 24.7 Å². The van der Waals surface area contributed by atoms with Crippen LogP contribution in [0.25, 0.3) is 0 Å². The summed E-state index contributed by atoms with van der Waals surface area (Å²) in [6.07, 6.45) is 3.40. The summed E-state index contributed by atoms with van der Waals surface area (Å²) in [5.74, 6) is -3.48. The maximum Gasteiger partial charge on any atom is 0.307 e. The average molecular weight is 348 g/mol. The molecule has 1 unspecified atom stereocenters. The number of carboxylic acids is 1. The third kappa shape index (κ3) is 5.29. The summed E-state index contributed by atoms with van der Waals surface area (Å²) in [5, 5.41) is 20.8. The molecule has 0 heterocycles. The normalized spacial score (nSPS) is 21.2. The van der Waals surface area contributed by atoms with Gasteiger partial charge in [-0.15, -0.1) is 0 Å². The largest absolute Gasteiger partial charge is 0.481 e. The van der Waals surface area contributed by atoms with E-state index in [9.17, 15) is 19.5 Å². The molecular formula is C18H24N2O5. The van der Waals surface area contributed by atoms with Gasteiger partial charge in [0, 0.05) is 0 Å². The van der Waals surface area contributed by atoms with Gasteiger partial charge in [-0.05, 0) is 31.2 Å². The van der Waals surface area contributed by atoms with Gasteiger partial charge in [0.05, 0.1) is 11.8 Å². The molecule has 1 aliphatic carbocycles. The lowest BCUT2D eigenvalue weighted by molar-refractivity contribution is -0.149. The van der Waals surface area contributed by atoms with E-state index in [-0.39, 0.29) is 0 Å². The van der Waals surface area contributed by atoms with Gasteiger partial charge in [-0.1, -0.05) is 43.2 Å². The summed E-state index contributed by atoms with van der Waals surface area (Å²) in [7, 11) is 0. The quantitative estimate of drug-likeness (QED) is 0.440. The summed E-state index contributed by atoms with van der Waals surface area (Å²) in [6, 6.07) is 8.57. The van der Waals surface area contributed by atoms with E-state index in [1.54, 1.807) is 5.48 Å². The maximum atomic E-state index is 12.5. The first kappa shape index (κ1) is 18.9. The standard InChI is InChI=1S/C18H24N2O5/c21-16(13-8-4-5-9-14(13)18(23)24)19-15(17(22)20-25)11-10-12-6-2-1-3-7-12/h1-3,6-7,13-15,25H,4-5,8-11H2,(H,19,21)(H,20,22)(H,23,24)/t13-,14+,15?/m0/s1. The number of aryl methyl sites for hydroxylation is 1. The van der Waals surface area contributed by atoms with Crippen LogP contribution >= 0.6 is 0 Å². The van der Waals surface area contributed by atoms with Gasteiger partial charge in [-0.3, -0.25) is 19.6 Å². The second-order valence-corrected chi connectivity index (χ2v) is 6.40. The zero-order valence-corrected chi connectivity index (χ0v) is 14.0.